The Labute approximate surface area is 141 Å². The number of carbonyl (C=O) groups is 1. The molecule has 0 fully saturated rings. The van der Waals surface area contributed by atoms with Gasteiger partial charge in [0.1, 0.15) is 0 Å². The standard InChI is InChI=1S/C19H23NO2S/c1-19(2)9-8-15-14(10-19)16(18(21)22)17(23-15)13-6-4-12(5-7-13)11-20-3/h4-7,20H,8-11H2,1-3H3,(H,21,22). The predicted octanol–water partition coefficient (Wildman–Crippen LogP) is 4.35. The molecule has 0 saturated carbocycles. The lowest BCUT2D eigenvalue weighted by Crippen LogP contribution is -2.22. The van der Waals surface area contributed by atoms with Crippen LogP contribution in [0.15, 0.2) is 24.3 Å². The van der Waals surface area contributed by atoms with Crippen LogP contribution in [0.1, 0.15) is 46.6 Å². The Morgan fingerprint density at radius 3 is 2.61 bits per heavy atom. The fraction of sp³-hybridized carbons (Fsp3) is 0.421. The highest BCUT2D eigenvalue weighted by Crippen LogP contribution is 2.45. The maximum atomic E-state index is 11.9. The smallest absolute Gasteiger partial charge is 0.337 e. The van der Waals surface area contributed by atoms with E-state index in [4.69, 9.17) is 0 Å². The van der Waals surface area contributed by atoms with Crippen LogP contribution in [-0.4, -0.2) is 18.1 Å². The number of hydrogen-bond acceptors (Lipinski definition) is 3. The number of carboxylic acids is 1. The first-order chi connectivity index (χ1) is 10.9. The van der Waals surface area contributed by atoms with Crippen LogP contribution in [0.5, 0.6) is 0 Å². The third-order valence-electron chi connectivity index (χ3n) is 4.59. The normalized spacial score (nSPS) is 16.1. The van der Waals surface area contributed by atoms with Crippen molar-refractivity contribution in [1.29, 1.82) is 0 Å². The molecule has 0 amide bonds. The van der Waals surface area contributed by atoms with Gasteiger partial charge in [0.05, 0.1) is 5.56 Å². The SMILES string of the molecule is CNCc1ccc(-c2sc3c(c2C(=O)O)CC(C)(C)CC3)cc1. The van der Waals surface area contributed by atoms with E-state index < -0.39 is 5.97 Å². The summed E-state index contributed by atoms with van der Waals surface area (Å²) < 4.78 is 0. The Morgan fingerprint density at radius 1 is 1.30 bits per heavy atom. The highest BCUT2D eigenvalue weighted by Gasteiger charge is 2.32. The highest BCUT2D eigenvalue weighted by atomic mass is 32.1. The van der Waals surface area contributed by atoms with Gasteiger partial charge in [0.15, 0.2) is 0 Å². The summed E-state index contributed by atoms with van der Waals surface area (Å²) in [7, 11) is 1.92. The molecule has 0 atom stereocenters. The lowest BCUT2D eigenvalue weighted by atomic mass is 9.76. The molecule has 0 bridgehead atoms. The second-order valence-electron chi connectivity index (χ2n) is 7.08. The number of fused-ring (bicyclic) bond motifs is 1. The predicted molar refractivity (Wildman–Crippen MR) is 95.3 cm³/mol. The van der Waals surface area contributed by atoms with Crippen LogP contribution in [0.4, 0.5) is 0 Å². The van der Waals surface area contributed by atoms with Gasteiger partial charge in [0, 0.05) is 16.3 Å². The summed E-state index contributed by atoms with van der Waals surface area (Å²) in [6, 6.07) is 8.23. The Hall–Kier alpha value is -1.65. The van der Waals surface area contributed by atoms with Gasteiger partial charge < -0.3 is 10.4 Å². The number of thiophene rings is 1. The van der Waals surface area contributed by atoms with Crippen LogP contribution in [0.2, 0.25) is 0 Å². The Bertz CT molecular complexity index is 729. The lowest BCUT2D eigenvalue weighted by Gasteiger charge is -2.29. The molecule has 4 heteroatoms. The molecule has 2 N–H and O–H groups in total. The van der Waals surface area contributed by atoms with Crippen LogP contribution in [0, 0.1) is 5.41 Å². The Kier molecular flexibility index (Phi) is 4.30. The molecular formula is C19H23NO2S. The molecule has 0 saturated heterocycles. The van der Waals surface area contributed by atoms with Gasteiger partial charge >= 0.3 is 5.97 Å². The van der Waals surface area contributed by atoms with Crippen molar-refractivity contribution in [3.63, 3.8) is 0 Å². The van der Waals surface area contributed by atoms with Crippen LogP contribution < -0.4 is 5.32 Å². The van der Waals surface area contributed by atoms with E-state index in [0.29, 0.717) is 5.56 Å². The first kappa shape index (κ1) is 16.2. The number of hydrogen-bond donors (Lipinski definition) is 2. The molecule has 122 valence electrons. The molecule has 1 aliphatic rings. The van der Waals surface area contributed by atoms with Crippen LogP contribution in [0.25, 0.3) is 10.4 Å². The molecule has 2 aromatic rings. The zero-order valence-electron chi connectivity index (χ0n) is 13.9. The minimum atomic E-state index is -0.797. The van der Waals surface area contributed by atoms with Gasteiger partial charge in [-0.25, -0.2) is 4.79 Å². The van der Waals surface area contributed by atoms with E-state index in [1.807, 2.05) is 19.2 Å². The molecule has 1 aliphatic carbocycles. The maximum absolute atomic E-state index is 11.9. The largest absolute Gasteiger partial charge is 0.478 e. The van der Waals surface area contributed by atoms with Crippen molar-refractivity contribution in [2.45, 2.75) is 39.7 Å². The fourth-order valence-electron chi connectivity index (χ4n) is 3.33. The number of benzene rings is 1. The van der Waals surface area contributed by atoms with Crippen molar-refractivity contribution in [2.75, 3.05) is 7.05 Å². The zero-order chi connectivity index (χ0) is 16.6. The number of aromatic carboxylic acids is 1. The first-order valence-electron chi connectivity index (χ1n) is 8.03. The van der Waals surface area contributed by atoms with E-state index in [1.165, 1.54) is 10.4 Å². The fourth-order valence-corrected chi connectivity index (χ4v) is 4.64. The zero-order valence-corrected chi connectivity index (χ0v) is 14.7. The molecule has 3 rings (SSSR count). The Balaban J connectivity index is 2.06. The molecule has 1 heterocycles. The van der Waals surface area contributed by atoms with Gasteiger partial charge in [0.25, 0.3) is 0 Å². The van der Waals surface area contributed by atoms with Gasteiger partial charge in [-0.15, -0.1) is 11.3 Å². The monoisotopic (exact) mass is 329 g/mol. The third kappa shape index (κ3) is 3.19. The van der Waals surface area contributed by atoms with Gasteiger partial charge in [0.2, 0.25) is 0 Å². The summed E-state index contributed by atoms with van der Waals surface area (Å²) in [5, 5.41) is 12.9. The van der Waals surface area contributed by atoms with Gasteiger partial charge in [-0.1, -0.05) is 38.1 Å². The molecule has 0 spiro atoms. The molecule has 0 unspecified atom stereocenters. The molecule has 1 aromatic carbocycles. The van der Waals surface area contributed by atoms with Crippen molar-refractivity contribution in [3.05, 3.63) is 45.8 Å². The van der Waals surface area contributed by atoms with Gasteiger partial charge in [-0.3, -0.25) is 0 Å². The van der Waals surface area contributed by atoms with Crippen LogP contribution in [0.3, 0.4) is 0 Å². The summed E-state index contributed by atoms with van der Waals surface area (Å²) in [5.74, 6) is -0.797. The van der Waals surface area contributed by atoms with Crippen LogP contribution in [-0.2, 0) is 19.4 Å². The van der Waals surface area contributed by atoms with Crippen molar-refractivity contribution in [1.82, 2.24) is 5.32 Å². The van der Waals surface area contributed by atoms with E-state index in [9.17, 15) is 9.90 Å². The minimum absolute atomic E-state index is 0.187. The van der Waals surface area contributed by atoms with Crippen molar-refractivity contribution in [2.24, 2.45) is 5.41 Å². The number of nitrogens with one attached hydrogen (secondary N) is 1. The van der Waals surface area contributed by atoms with Crippen molar-refractivity contribution >= 4 is 17.3 Å². The summed E-state index contributed by atoms with van der Waals surface area (Å²) in [4.78, 5) is 14.1. The highest BCUT2D eigenvalue weighted by molar-refractivity contribution is 7.16. The number of aryl methyl sites for hydroxylation is 1. The van der Waals surface area contributed by atoms with E-state index in [2.05, 4.69) is 31.3 Å². The van der Waals surface area contributed by atoms with Crippen molar-refractivity contribution in [3.8, 4) is 10.4 Å². The average Bonchev–Trinajstić information content (AvgIpc) is 2.85. The first-order valence-corrected chi connectivity index (χ1v) is 8.85. The second kappa shape index (κ2) is 6.10. The molecule has 1 aromatic heterocycles. The van der Waals surface area contributed by atoms with Crippen LogP contribution >= 0.6 is 11.3 Å². The molecule has 3 nitrogen and oxygen atoms in total. The quantitative estimate of drug-likeness (QED) is 0.877. The number of rotatable bonds is 4. The van der Waals surface area contributed by atoms with E-state index in [1.54, 1.807) is 11.3 Å². The minimum Gasteiger partial charge on any atom is -0.478 e. The third-order valence-corrected chi connectivity index (χ3v) is 5.93. The molecule has 23 heavy (non-hydrogen) atoms. The van der Waals surface area contributed by atoms with E-state index >= 15 is 0 Å². The van der Waals surface area contributed by atoms with Gasteiger partial charge in [-0.2, -0.15) is 0 Å². The molecule has 0 aliphatic heterocycles. The van der Waals surface area contributed by atoms with E-state index in [-0.39, 0.29) is 5.41 Å². The topological polar surface area (TPSA) is 49.3 Å². The summed E-state index contributed by atoms with van der Waals surface area (Å²) in [6.45, 7) is 5.28. The second-order valence-corrected chi connectivity index (χ2v) is 8.19. The number of carboxylic acid groups (broad SMARTS) is 1. The summed E-state index contributed by atoms with van der Waals surface area (Å²) >= 11 is 1.67. The molecular weight excluding hydrogens is 306 g/mol. The lowest BCUT2D eigenvalue weighted by molar-refractivity contribution is 0.0696. The van der Waals surface area contributed by atoms with Crippen molar-refractivity contribution < 1.29 is 9.90 Å². The summed E-state index contributed by atoms with van der Waals surface area (Å²) in [5.41, 5.74) is 3.99. The Morgan fingerprint density at radius 2 is 2.00 bits per heavy atom. The average molecular weight is 329 g/mol. The van der Waals surface area contributed by atoms with Gasteiger partial charge in [-0.05, 0) is 48.4 Å². The molecule has 0 radical (unpaired) electrons. The summed E-state index contributed by atoms with van der Waals surface area (Å²) in [6.07, 6.45) is 2.98. The maximum Gasteiger partial charge on any atom is 0.337 e. The van der Waals surface area contributed by atoms with E-state index in [0.717, 1.165) is 41.8 Å².